The number of hydrogen-bond donors (Lipinski definition) is 0. The summed E-state index contributed by atoms with van der Waals surface area (Å²) in [7, 11) is 0. The molecule has 90 valence electrons. The van der Waals surface area contributed by atoms with Gasteiger partial charge >= 0.3 is 0 Å². The molecular formula is C14H12BrN3. The number of halogens is 1. The van der Waals surface area contributed by atoms with Gasteiger partial charge in [0.25, 0.3) is 0 Å². The molecule has 0 bridgehead atoms. The Hall–Kier alpha value is -1.68. The molecule has 2 aromatic heterocycles. The summed E-state index contributed by atoms with van der Waals surface area (Å²) >= 11 is 3.49. The van der Waals surface area contributed by atoms with Gasteiger partial charge < -0.3 is 0 Å². The first-order valence-corrected chi connectivity index (χ1v) is 6.53. The number of hydrogen-bond acceptors (Lipinski definition) is 2. The highest BCUT2D eigenvalue weighted by molar-refractivity contribution is 9.10. The summed E-state index contributed by atoms with van der Waals surface area (Å²) < 4.78 is 2.72. The molecule has 0 aliphatic rings. The van der Waals surface area contributed by atoms with Gasteiger partial charge in [-0.15, -0.1) is 0 Å². The van der Waals surface area contributed by atoms with E-state index in [1.165, 1.54) is 11.1 Å². The summed E-state index contributed by atoms with van der Waals surface area (Å²) in [5, 5.41) is 5.56. The Morgan fingerprint density at radius 2 is 2.00 bits per heavy atom. The first-order valence-electron chi connectivity index (χ1n) is 5.73. The highest BCUT2D eigenvalue weighted by Gasteiger charge is 2.12. The van der Waals surface area contributed by atoms with Crippen LogP contribution in [0.1, 0.15) is 11.1 Å². The zero-order valence-electron chi connectivity index (χ0n) is 10.2. The summed E-state index contributed by atoms with van der Waals surface area (Å²) in [6.07, 6.45) is 1.79. The van der Waals surface area contributed by atoms with Crippen LogP contribution in [-0.4, -0.2) is 14.8 Å². The first-order chi connectivity index (χ1) is 8.66. The molecule has 2 heterocycles. The van der Waals surface area contributed by atoms with Gasteiger partial charge in [0.05, 0.1) is 11.1 Å². The summed E-state index contributed by atoms with van der Waals surface area (Å²) in [6.45, 7) is 4.16. The van der Waals surface area contributed by atoms with Gasteiger partial charge in [-0.25, -0.2) is 9.67 Å². The zero-order chi connectivity index (χ0) is 12.7. The van der Waals surface area contributed by atoms with Crippen molar-refractivity contribution in [1.29, 1.82) is 0 Å². The molecule has 0 amide bonds. The van der Waals surface area contributed by atoms with Crippen LogP contribution in [0.2, 0.25) is 0 Å². The molecule has 0 saturated carbocycles. The number of fused-ring (bicyclic) bond motifs is 1. The van der Waals surface area contributed by atoms with Crippen molar-refractivity contribution in [3.05, 3.63) is 52.3 Å². The Morgan fingerprint density at radius 1 is 1.17 bits per heavy atom. The van der Waals surface area contributed by atoms with E-state index in [0.29, 0.717) is 0 Å². The van der Waals surface area contributed by atoms with Crippen molar-refractivity contribution < 1.29 is 0 Å². The maximum Gasteiger partial charge on any atom is 0.164 e. The average Bonchev–Trinajstić information content (AvgIpc) is 2.71. The summed E-state index contributed by atoms with van der Waals surface area (Å²) in [5.74, 6) is 0. The van der Waals surface area contributed by atoms with Crippen LogP contribution in [0.25, 0.3) is 16.7 Å². The maximum absolute atomic E-state index is 4.53. The molecule has 0 unspecified atom stereocenters. The lowest BCUT2D eigenvalue weighted by Crippen LogP contribution is -2.00. The Labute approximate surface area is 114 Å². The molecule has 0 radical (unpaired) electrons. The number of pyridine rings is 1. The van der Waals surface area contributed by atoms with Crippen molar-refractivity contribution in [1.82, 2.24) is 14.8 Å². The van der Waals surface area contributed by atoms with Crippen LogP contribution in [-0.2, 0) is 0 Å². The van der Waals surface area contributed by atoms with Crippen LogP contribution in [0.4, 0.5) is 0 Å². The SMILES string of the molecule is Cc1ccc(C)c(-n2nc(Br)c3cccnc32)c1. The lowest BCUT2D eigenvalue weighted by Gasteiger charge is -2.07. The highest BCUT2D eigenvalue weighted by atomic mass is 79.9. The van der Waals surface area contributed by atoms with Crippen LogP contribution in [0.15, 0.2) is 41.1 Å². The number of rotatable bonds is 1. The molecule has 0 atom stereocenters. The standard InChI is InChI=1S/C14H12BrN3/c1-9-5-6-10(2)12(8-9)18-14-11(13(15)17-18)4-3-7-16-14/h3-8H,1-2H3. The highest BCUT2D eigenvalue weighted by Crippen LogP contribution is 2.25. The quantitative estimate of drug-likeness (QED) is 0.684. The number of benzene rings is 1. The molecule has 0 N–H and O–H groups in total. The van der Waals surface area contributed by atoms with E-state index in [-0.39, 0.29) is 0 Å². The van der Waals surface area contributed by atoms with Crippen molar-refractivity contribution in [3.8, 4) is 5.69 Å². The molecular weight excluding hydrogens is 290 g/mol. The minimum absolute atomic E-state index is 0.825. The second-order valence-corrected chi connectivity index (χ2v) is 5.12. The van der Waals surface area contributed by atoms with Gasteiger partial charge in [-0.1, -0.05) is 12.1 Å². The van der Waals surface area contributed by atoms with E-state index in [9.17, 15) is 0 Å². The molecule has 0 aliphatic carbocycles. The Kier molecular flexibility index (Phi) is 2.67. The lowest BCUT2D eigenvalue weighted by molar-refractivity contribution is 0.877. The van der Waals surface area contributed by atoms with Crippen LogP contribution in [0.3, 0.4) is 0 Å². The Balaban J connectivity index is 2.35. The molecule has 18 heavy (non-hydrogen) atoms. The fourth-order valence-corrected chi connectivity index (χ4v) is 2.50. The smallest absolute Gasteiger partial charge is 0.164 e. The van der Waals surface area contributed by atoms with Crippen molar-refractivity contribution >= 4 is 27.0 Å². The monoisotopic (exact) mass is 301 g/mol. The van der Waals surface area contributed by atoms with E-state index in [1.807, 2.05) is 16.8 Å². The average molecular weight is 302 g/mol. The molecule has 0 fully saturated rings. The number of nitrogens with zero attached hydrogens (tertiary/aromatic N) is 3. The van der Waals surface area contributed by atoms with Gasteiger partial charge in [0.1, 0.15) is 4.60 Å². The van der Waals surface area contributed by atoms with Gasteiger partial charge in [0.15, 0.2) is 5.65 Å². The van der Waals surface area contributed by atoms with E-state index in [0.717, 1.165) is 21.3 Å². The van der Waals surface area contributed by atoms with Gasteiger partial charge in [0, 0.05) is 6.20 Å². The molecule has 4 heteroatoms. The lowest BCUT2D eigenvalue weighted by atomic mass is 10.1. The topological polar surface area (TPSA) is 30.7 Å². The Bertz CT molecular complexity index is 731. The fraction of sp³-hybridized carbons (Fsp3) is 0.143. The molecule has 1 aromatic carbocycles. The second-order valence-electron chi connectivity index (χ2n) is 4.37. The summed E-state index contributed by atoms with van der Waals surface area (Å²) in [4.78, 5) is 4.42. The normalized spacial score (nSPS) is 11.1. The minimum atomic E-state index is 0.825. The molecule has 3 rings (SSSR count). The third-order valence-corrected chi connectivity index (χ3v) is 3.58. The summed E-state index contributed by atoms with van der Waals surface area (Å²) in [6, 6.07) is 10.3. The van der Waals surface area contributed by atoms with Crippen LogP contribution >= 0.6 is 15.9 Å². The first kappa shape index (κ1) is 11.4. The van der Waals surface area contributed by atoms with E-state index >= 15 is 0 Å². The van der Waals surface area contributed by atoms with Crippen molar-refractivity contribution in [3.63, 3.8) is 0 Å². The molecule has 0 spiro atoms. The molecule has 3 nitrogen and oxygen atoms in total. The van der Waals surface area contributed by atoms with Crippen LogP contribution in [0.5, 0.6) is 0 Å². The fourth-order valence-electron chi connectivity index (χ4n) is 2.03. The third-order valence-electron chi connectivity index (χ3n) is 2.99. The maximum atomic E-state index is 4.53. The van der Waals surface area contributed by atoms with E-state index in [2.05, 4.69) is 58.1 Å². The van der Waals surface area contributed by atoms with E-state index < -0.39 is 0 Å². The molecule has 0 saturated heterocycles. The number of aryl methyl sites for hydroxylation is 2. The number of aromatic nitrogens is 3. The predicted octanol–water partition coefficient (Wildman–Crippen LogP) is 3.80. The summed E-state index contributed by atoms with van der Waals surface area (Å²) in [5.41, 5.74) is 4.34. The van der Waals surface area contributed by atoms with Crippen molar-refractivity contribution in [2.45, 2.75) is 13.8 Å². The largest absolute Gasteiger partial charge is 0.236 e. The van der Waals surface area contributed by atoms with Gasteiger partial charge in [-0.3, -0.25) is 0 Å². The molecule has 0 aliphatic heterocycles. The third kappa shape index (κ3) is 1.73. The van der Waals surface area contributed by atoms with Gasteiger partial charge in [-0.2, -0.15) is 5.10 Å². The van der Waals surface area contributed by atoms with Crippen LogP contribution in [0, 0.1) is 13.8 Å². The Morgan fingerprint density at radius 3 is 2.83 bits per heavy atom. The van der Waals surface area contributed by atoms with Crippen molar-refractivity contribution in [2.75, 3.05) is 0 Å². The van der Waals surface area contributed by atoms with Crippen LogP contribution < -0.4 is 0 Å². The zero-order valence-corrected chi connectivity index (χ0v) is 11.8. The van der Waals surface area contributed by atoms with Gasteiger partial charge in [-0.05, 0) is 59.1 Å². The van der Waals surface area contributed by atoms with E-state index in [4.69, 9.17) is 0 Å². The predicted molar refractivity (Wildman–Crippen MR) is 76.0 cm³/mol. The van der Waals surface area contributed by atoms with Gasteiger partial charge in [0.2, 0.25) is 0 Å². The minimum Gasteiger partial charge on any atom is -0.236 e. The van der Waals surface area contributed by atoms with E-state index in [1.54, 1.807) is 6.20 Å². The molecule has 3 aromatic rings. The van der Waals surface area contributed by atoms with Crippen molar-refractivity contribution in [2.24, 2.45) is 0 Å². The second kappa shape index (κ2) is 4.21.